The van der Waals surface area contributed by atoms with E-state index in [2.05, 4.69) is 10.3 Å². The molecule has 0 bridgehead atoms. The summed E-state index contributed by atoms with van der Waals surface area (Å²) >= 11 is 0. The molecule has 0 unspecified atom stereocenters. The molecule has 22 heavy (non-hydrogen) atoms. The van der Waals surface area contributed by atoms with Gasteiger partial charge in [0.2, 0.25) is 0 Å². The van der Waals surface area contributed by atoms with Crippen molar-refractivity contribution in [3.63, 3.8) is 0 Å². The molecular formula is C13H19B2N3O4. The van der Waals surface area contributed by atoms with Gasteiger partial charge in [0.05, 0.1) is 24.6 Å². The van der Waals surface area contributed by atoms with Gasteiger partial charge >= 0.3 is 0 Å². The first kappa shape index (κ1) is 16.0. The molecule has 3 rings (SSSR count). The smallest absolute Gasteiger partial charge is 0.177 e. The average Bonchev–Trinajstić information content (AvgIpc) is 3.17. The van der Waals surface area contributed by atoms with Crippen molar-refractivity contribution in [2.45, 2.75) is 49.2 Å². The SMILES string of the molecule is [B][C@H]1C[C@@H](c2cn([C@H]3O[C@@H]([B])C[C@H]3OC)nn2)[C@@H](COC)O1. The summed E-state index contributed by atoms with van der Waals surface area (Å²) in [5.74, 6) is 0.0553. The normalized spacial score (nSPS) is 38.6. The number of hydrogen-bond donors (Lipinski definition) is 0. The molecule has 0 spiro atoms. The van der Waals surface area contributed by atoms with Crippen LogP contribution in [0.5, 0.6) is 0 Å². The third kappa shape index (κ3) is 3.08. The maximum Gasteiger partial charge on any atom is 0.177 e. The molecule has 9 heteroatoms. The molecular weight excluding hydrogens is 284 g/mol. The van der Waals surface area contributed by atoms with Crippen LogP contribution in [-0.2, 0) is 18.9 Å². The molecule has 0 aromatic carbocycles. The van der Waals surface area contributed by atoms with E-state index in [4.69, 9.17) is 34.6 Å². The Kier molecular flexibility index (Phi) is 4.87. The zero-order valence-electron chi connectivity index (χ0n) is 12.8. The van der Waals surface area contributed by atoms with Gasteiger partial charge in [-0.15, -0.1) is 5.10 Å². The first-order valence-corrected chi connectivity index (χ1v) is 7.38. The van der Waals surface area contributed by atoms with Crippen molar-refractivity contribution in [3.05, 3.63) is 11.9 Å². The number of hydrogen-bond acceptors (Lipinski definition) is 6. The van der Waals surface area contributed by atoms with Crippen LogP contribution in [0.25, 0.3) is 0 Å². The molecule has 3 heterocycles. The Morgan fingerprint density at radius 1 is 1.27 bits per heavy atom. The first-order chi connectivity index (χ1) is 10.6. The Balaban J connectivity index is 1.75. The summed E-state index contributed by atoms with van der Waals surface area (Å²) in [6.45, 7) is 0.469. The van der Waals surface area contributed by atoms with Gasteiger partial charge in [-0.2, -0.15) is 0 Å². The second-order valence-corrected chi connectivity index (χ2v) is 5.71. The topological polar surface area (TPSA) is 67.6 Å². The van der Waals surface area contributed by atoms with Gasteiger partial charge < -0.3 is 18.9 Å². The van der Waals surface area contributed by atoms with Crippen LogP contribution in [0, 0.1) is 0 Å². The van der Waals surface area contributed by atoms with Gasteiger partial charge in [-0.3, -0.25) is 0 Å². The van der Waals surface area contributed by atoms with Crippen molar-refractivity contribution >= 4 is 15.7 Å². The predicted molar refractivity (Wildman–Crippen MR) is 78.7 cm³/mol. The van der Waals surface area contributed by atoms with Crippen molar-refractivity contribution in [1.82, 2.24) is 15.0 Å². The minimum Gasteiger partial charge on any atom is -0.382 e. The fourth-order valence-electron chi connectivity index (χ4n) is 3.11. The summed E-state index contributed by atoms with van der Waals surface area (Å²) in [6, 6.07) is -0.662. The number of nitrogens with zero attached hydrogens (tertiary/aromatic N) is 3. The minimum absolute atomic E-state index is 0.0553. The maximum atomic E-state index is 5.88. The van der Waals surface area contributed by atoms with Gasteiger partial charge in [-0.1, -0.05) is 5.21 Å². The Bertz CT molecular complexity index is 503. The molecule has 116 valence electrons. The molecule has 1 aromatic rings. The van der Waals surface area contributed by atoms with E-state index in [1.807, 2.05) is 6.20 Å². The Morgan fingerprint density at radius 2 is 2.05 bits per heavy atom. The summed E-state index contributed by atoms with van der Waals surface area (Å²) < 4.78 is 23.6. The van der Waals surface area contributed by atoms with Crippen LogP contribution >= 0.6 is 0 Å². The molecule has 6 atom stereocenters. The molecule has 2 aliphatic rings. The molecule has 1 aromatic heterocycles. The number of methoxy groups -OCH3 is 2. The second kappa shape index (κ2) is 6.70. The predicted octanol–water partition coefficient (Wildman–Crippen LogP) is -0.280. The van der Waals surface area contributed by atoms with E-state index in [-0.39, 0.29) is 36.4 Å². The summed E-state index contributed by atoms with van der Waals surface area (Å²) in [7, 11) is 15.0. The van der Waals surface area contributed by atoms with E-state index in [0.717, 1.165) is 5.69 Å². The van der Waals surface area contributed by atoms with Crippen LogP contribution in [0.2, 0.25) is 0 Å². The lowest BCUT2D eigenvalue weighted by atomic mass is 9.89. The standard InChI is InChI=1S/C13H19B2N3O4/c1-19-6-10-7(3-11(14)21-10)8-5-18(17-16-8)13-9(20-2)4-12(15)22-13/h5,7,9-13H,3-4,6H2,1-2H3/t7-,9+,10+,11+,12+,13-/m0/s1. The highest BCUT2D eigenvalue weighted by Gasteiger charge is 2.38. The van der Waals surface area contributed by atoms with Gasteiger partial charge in [-0.05, 0) is 12.8 Å². The molecule has 0 aliphatic carbocycles. The van der Waals surface area contributed by atoms with Crippen LogP contribution in [0.4, 0.5) is 0 Å². The van der Waals surface area contributed by atoms with Crippen LogP contribution in [0.3, 0.4) is 0 Å². The second-order valence-electron chi connectivity index (χ2n) is 5.71. The van der Waals surface area contributed by atoms with E-state index < -0.39 is 0 Å². The van der Waals surface area contributed by atoms with Gasteiger partial charge in [0.1, 0.15) is 21.8 Å². The highest BCUT2D eigenvalue weighted by atomic mass is 16.6. The van der Waals surface area contributed by atoms with Crippen molar-refractivity contribution in [2.24, 2.45) is 0 Å². The highest BCUT2D eigenvalue weighted by molar-refractivity contribution is 6.11. The lowest BCUT2D eigenvalue weighted by Crippen LogP contribution is -2.22. The third-order valence-corrected chi connectivity index (χ3v) is 4.18. The third-order valence-electron chi connectivity index (χ3n) is 4.18. The van der Waals surface area contributed by atoms with Crippen LogP contribution in [-0.4, -0.2) is 75.7 Å². The Labute approximate surface area is 132 Å². The molecule has 0 N–H and O–H groups in total. The molecule has 2 saturated heterocycles. The summed E-state index contributed by atoms with van der Waals surface area (Å²) in [4.78, 5) is 0. The fraction of sp³-hybridized carbons (Fsp3) is 0.846. The average molecular weight is 303 g/mol. The molecule has 2 aliphatic heterocycles. The van der Waals surface area contributed by atoms with Gasteiger partial charge in [0.25, 0.3) is 0 Å². The van der Waals surface area contributed by atoms with Crippen LogP contribution < -0.4 is 0 Å². The fourth-order valence-corrected chi connectivity index (χ4v) is 3.11. The molecule has 2 fully saturated rings. The van der Waals surface area contributed by atoms with E-state index in [0.29, 0.717) is 19.4 Å². The maximum absolute atomic E-state index is 5.88. The summed E-state index contributed by atoms with van der Waals surface area (Å²) in [5.41, 5.74) is 0.814. The summed E-state index contributed by atoms with van der Waals surface area (Å²) in [6.07, 6.45) is 2.55. The van der Waals surface area contributed by atoms with Gasteiger partial charge in [-0.25, -0.2) is 4.68 Å². The first-order valence-electron chi connectivity index (χ1n) is 7.38. The van der Waals surface area contributed by atoms with Crippen molar-refractivity contribution < 1.29 is 18.9 Å². The molecule has 0 saturated carbocycles. The van der Waals surface area contributed by atoms with E-state index in [1.54, 1.807) is 18.9 Å². The lowest BCUT2D eigenvalue weighted by Gasteiger charge is -2.17. The van der Waals surface area contributed by atoms with Crippen molar-refractivity contribution in [2.75, 3.05) is 20.8 Å². The highest BCUT2D eigenvalue weighted by Crippen LogP contribution is 2.35. The summed E-state index contributed by atoms with van der Waals surface area (Å²) in [5, 5.41) is 8.41. The molecule has 4 radical (unpaired) electrons. The lowest BCUT2D eigenvalue weighted by molar-refractivity contribution is -0.0430. The van der Waals surface area contributed by atoms with E-state index >= 15 is 0 Å². The van der Waals surface area contributed by atoms with Gasteiger partial charge in [0.15, 0.2) is 6.23 Å². The number of rotatable bonds is 5. The minimum atomic E-state index is -0.363. The van der Waals surface area contributed by atoms with E-state index in [9.17, 15) is 0 Å². The van der Waals surface area contributed by atoms with Gasteiger partial charge in [0, 0.05) is 32.1 Å². The number of aromatic nitrogens is 3. The monoisotopic (exact) mass is 303 g/mol. The van der Waals surface area contributed by atoms with Crippen LogP contribution in [0.1, 0.15) is 30.7 Å². The largest absolute Gasteiger partial charge is 0.382 e. The zero-order valence-corrected chi connectivity index (χ0v) is 12.8. The quantitative estimate of drug-likeness (QED) is 0.697. The molecule has 7 nitrogen and oxygen atoms in total. The zero-order chi connectivity index (χ0) is 15.7. The van der Waals surface area contributed by atoms with Crippen molar-refractivity contribution in [3.8, 4) is 0 Å². The number of ether oxygens (including phenoxy) is 4. The Hall–Kier alpha value is -0.890. The Morgan fingerprint density at radius 3 is 2.77 bits per heavy atom. The van der Waals surface area contributed by atoms with E-state index in [1.165, 1.54) is 0 Å². The van der Waals surface area contributed by atoms with Crippen molar-refractivity contribution in [1.29, 1.82) is 0 Å². The van der Waals surface area contributed by atoms with Crippen LogP contribution in [0.15, 0.2) is 6.20 Å². The molecule has 0 amide bonds.